The largest absolute Gasteiger partial charge is 0.486 e. The van der Waals surface area contributed by atoms with Gasteiger partial charge in [-0.25, -0.2) is 4.79 Å². The van der Waals surface area contributed by atoms with Crippen molar-refractivity contribution in [3.05, 3.63) is 46.2 Å². The van der Waals surface area contributed by atoms with Gasteiger partial charge in [0.15, 0.2) is 18.1 Å². The first kappa shape index (κ1) is 16.3. The van der Waals surface area contributed by atoms with E-state index in [1.165, 1.54) is 11.3 Å². The van der Waals surface area contributed by atoms with Gasteiger partial charge in [0, 0.05) is 0 Å². The van der Waals surface area contributed by atoms with Gasteiger partial charge in [-0.1, -0.05) is 12.1 Å². The van der Waals surface area contributed by atoms with E-state index in [-0.39, 0.29) is 25.2 Å². The van der Waals surface area contributed by atoms with Gasteiger partial charge < -0.3 is 19.5 Å². The fourth-order valence-electron chi connectivity index (χ4n) is 2.22. The molecule has 0 radical (unpaired) electrons. The molecule has 3 rings (SSSR count). The van der Waals surface area contributed by atoms with E-state index in [9.17, 15) is 9.59 Å². The van der Waals surface area contributed by atoms with Crippen LogP contribution in [0.25, 0.3) is 0 Å². The number of hydrogen-bond acceptors (Lipinski definition) is 6. The van der Waals surface area contributed by atoms with Crippen molar-refractivity contribution in [1.82, 2.24) is 5.32 Å². The molecule has 7 heteroatoms. The van der Waals surface area contributed by atoms with Crippen LogP contribution in [0.5, 0.6) is 11.5 Å². The summed E-state index contributed by atoms with van der Waals surface area (Å²) >= 11 is 1.30. The summed E-state index contributed by atoms with van der Waals surface area (Å²) in [4.78, 5) is 24.2. The molecule has 0 aliphatic carbocycles. The zero-order valence-corrected chi connectivity index (χ0v) is 13.9. The van der Waals surface area contributed by atoms with Crippen molar-refractivity contribution in [2.75, 3.05) is 19.8 Å². The molecule has 1 N–H and O–H groups in total. The Kier molecular flexibility index (Phi) is 5.00. The zero-order valence-electron chi connectivity index (χ0n) is 13.1. The minimum absolute atomic E-state index is 0.279. The first-order valence-corrected chi connectivity index (χ1v) is 8.38. The van der Waals surface area contributed by atoms with E-state index in [0.717, 1.165) is 5.56 Å². The number of benzene rings is 1. The molecule has 2 heterocycles. The topological polar surface area (TPSA) is 73.9 Å². The Bertz CT molecular complexity index is 742. The van der Waals surface area contributed by atoms with Gasteiger partial charge in [0.2, 0.25) is 0 Å². The van der Waals surface area contributed by atoms with Crippen LogP contribution in [0.2, 0.25) is 0 Å². The summed E-state index contributed by atoms with van der Waals surface area (Å²) in [6, 6.07) is 9.20. The molecule has 1 atom stereocenters. The third-order valence-electron chi connectivity index (χ3n) is 3.48. The third-order valence-corrected chi connectivity index (χ3v) is 4.47. The number of carbonyl (C=O) groups excluding carboxylic acids is 2. The summed E-state index contributed by atoms with van der Waals surface area (Å²) in [7, 11) is 0. The fourth-order valence-corrected chi connectivity index (χ4v) is 3.04. The number of nitrogens with one attached hydrogen (secondary N) is 1. The van der Waals surface area contributed by atoms with Crippen LogP contribution in [0.1, 0.15) is 15.2 Å². The maximum atomic E-state index is 11.8. The summed E-state index contributed by atoms with van der Waals surface area (Å²) < 4.78 is 16.3. The highest BCUT2D eigenvalue weighted by Crippen LogP contribution is 2.30. The lowest BCUT2D eigenvalue weighted by Crippen LogP contribution is -2.42. The Morgan fingerprint density at radius 1 is 1.29 bits per heavy atom. The normalized spacial score (nSPS) is 15.6. The first-order chi connectivity index (χ1) is 11.6. The van der Waals surface area contributed by atoms with E-state index in [4.69, 9.17) is 14.2 Å². The van der Waals surface area contributed by atoms with Crippen LogP contribution >= 0.6 is 11.3 Å². The molecule has 126 valence electrons. The summed E-state index contributed by atoms with van der Waals surface area (Å²) in [5.41, 5.74) is 0.844. The fraction of sp³-hybridized carbons (Fsp3) is 0.294. The van der Waals surface area contributed by atoms with E-state index in [1.807, 2.05) is 42.6 Å². The van der Waals surface area contributed by atoms with Gasteiger partial charge in [0.25, 0.3) is 5.91 Å². The Labute approximate surface area is 143 Å². The molecule has 0 spiro atoms. The lowest BCUT2D eigenvalue weighted by atomic mass is 10.2. The number of aryl methyl sites for hydroxylation is 1. The Morgan fingerprint density at radius 2 is 2.08 bits per heavy atom. The van der Waals surface area contributed by atoms with Crippen molar-refractivity contribution in [3.8, 4) is 11.5 Å². The lowest BCUT2D eigenvalue weighted by molar-refractivity contribution is -0.124. The number of carbonyl (C=O) groups is 2. The molecular formula is C17H17NO5S. The highest BCUT2D eigenvalue weighted by molar-refractivity contribution is 7.12. The minimum Gasteiger partial charge on any atom is -0.486 e. The van der Waals surface area contributed by atoms with E-state index < -0.39 is 5.97 Å². The molecule has 1 aliphatic rings. The number of para-hydroxylation sites is 2. The van der Waals surface area contributed by atoms with E-state index >= 15 is 0 Å². The highest BCUT2D eigenvalue weighted by atomic mass is 32.1. The Morgan fingerprint density at radius 3 is 2.83 bits per heavy atom. The van der Waals surface area contributed by atoms with Gasteiger partial charge >= 0.3 is 5.97 Å². The average molecular weight is 347 g/mol. The Hall–Kier alpha value is -2.54. The van der Waals surface area contributed by atoms with Crippen LogP contribution in [0.15, 0.2) is 35.7 Å². The second kappa shape index (κ2) is 7.35. The molecule has 0 saturated heterocycles. The van der Waals surface area contributed by atoms with E-state index in [1.54, 1.807) is 0 Å². The van der Waals surface area contributed by atoms with Crippen LogP contribution in [-0.2, 0) is 9.53 Å². The number of thiophene rings is 1. The highest BCUT2D eigenvalue weighted by Gasteiger charge is 2.21. The minimum atomic E-state index is -0.483. The van der Waals surface area contributed by atoms with Crippen LogP contribution in [-0.4, -0.2) is 37.7 Å². The van der Waals surface area contributed by atoms with Gasteiger partial charge in [-0.05, 0) is 36.1 Å². The van der Waals surface area contributed by atoms with Gasteiger partial charge in [0.1, 0.15) is 17.6 Å². The first-order valence-electron chi connectivity index (χ1n) is 7.50. The summed E-state index contributed by atoms with van der Waals surface area (Å²) in [5.74, 6) is 0.492. The maximum Gasteiger partial charge on any atom is 0.349 e. The van der Waals surface area contributed by atoms with Gasteiger partial charge in [-0.15, -0.1) is 11.3 Å². The maximum absolute atomic E-state index is 11.8. The third kappa shape index (κ3) is 3.86. The predicted octanol–water partition coefficient (Wildman–Crippen LogP) is 2.17. The van der Waals surface area contributed by atoms with Crippen molar-refractivity contribution in [2.45, 2.75) is 13.0 Å². The molecule has 1 aromatic heterocycles. The predicted molar refractivity (Wildman–Crippen MR) is 88.7 cm³/mol. The molecule has 1 unspecified atom stereocenters. The molecule has 1 aromatic carbocycles. The van der Waals surface area contributed by atoms with Crippen molar-refractivity contribution in [2.24, 2.45) is 0 Å². The molecule has 2 aromatic rings. The van der Waals surface area contributed by atoms with Gasteiger partial charge in [-0.3, -0.25) is 4.79 Å². The number of esters is 1. The standard InChI is InChI=1S/C17H17NO5S/c1-11-6-7-24-16(11)17(20)22-10-15(19)18-8-12-9-21-13-4-2-3-5-14(13)23-12/h2-7,12H,8-10H2,1H3,(H,18,19). The van der Waals surface area contributed by atoms with E-state index in [0.29, 0.717) is 23.0 Å². The number of hydrogen-bond donors (Lipinski definition) is 1. The van der Waals surface area contributed by atoms with Gasteiger partial charge in [0.05, 0.1) is 6.54 Å². The summed E-state index contributed by atoms with van der Waals surface area (Å²) in [5, 5.41) is 4.49. The molecule has 6 nitrogen and oxygen atoms in total. The Balaban J connectivity index is 1.42. The number of fused-ring (bicyclic) bond motifs is 1. The SMILES string of the molecule is Cc1ccsc1C(=O)OCC(=O)NCC1COc2ccccc2O1. The van der Waals surface area contributed by atoms with Crippen LogP contribution in [0.3, 0.4) is 0 Å². The molecular weight excluding hydrogens is 330 g/mol. The second-order valence-corrected chi connectivity index (χ2v) is 6.23. The molecule has 1 aliphatic heterocycles. The number of ether oxygens (including phenoxy) is 3. The smallest absolute Gasteiger partial charge is 0.349 e. The van der Waals surface area contributed by atoms with Crippen LogP contribution in [0.4, 0.5) is 0 Å². The molecule has 0 bridgehead atoms. The lowest BCUT2D eigenvalue weighted by Gasteiger charge is -2.26. The number of rotatable bonds is 5. The van der Waals surface area contributed by atoms with Crippen LogP contribution < -0.4 is 14.8 Å². The van der Waals surface area contributed by atoms with Gasteiger partial charge in [-0.2, -0.15) is 0 Å². The second-order valence-electron chi connectivity index (χ2n) is 5.31. The van der Waals surface area contributed by atoms with Crippen LogP contribution in [0, 0.1) is 6.92 Å². The average Bonchev–Trinajstić information content (AvgIpc) is 3.03. The van der Waals surface area contributed by atoms with Crippen molar-refractivity contribution >= 4 is 23.2 Å². The number of amides is 1. The molecule has 0 saturated carbocycles. The van der Waals surface area contributed by atoms with Crippen molar-refractivity contribution in [1.29, 1.82) is 0 Å². The van der Waals surface area contributed by atoms with E-state index in [2.05, 4.69) is 5.32 Å². The zero-order chi connectivity index (χ0) is 16.9. The molecule has 24 heavy (non-hydrogen) atoms. The molecule has 1 amide bonds. The summed E-state index contributed by atoms with van der Waals surface area (Å²) in [6.45, 7) is 2.14. The van der Waals surface area contributed by atoms with Crippen molar-refractivity contribution < 1.29 is 23.8 Å². The molecule has 0 fully saturated rings. The summed E-state index contributed by atoms with van der Waals surface area (Å²) in [6.07, 6.45) is -0.279. The van der Waals surface area contributed by atoms with Crippen molar-refractivity contribution in [3.63, 3.8) is 0 Å². The monoisotopic (exact) mass is 347 g/mol. The quantitative estimate of drug-likeness (QED) is 0.839.